The average molecular weight is 279 g/mol. The van der Waals surface area contributed by atoms with Gasteiger partial charge in [0.2, 0.25) is 0 Å². The van der Waals surface area contributed by atoms with E-state index in [1.165, 1.54) is 26.0 Å². The van der Waals surface area contributed by atoms with E-state index < -0.39 is 0 Å². The minimum absolute atomic E-state index is 0.0515. The van der Waals surface area contributed by atoms with Gasteiger partial charge in [-0.15, -0.1) is 0 Å². The summed E-state index contributed by atoms with van der Waals surface area (Å²) in [7, 11) is 1.50. The molecule has 1 aromatic carbocycles. The molecule has 0 bridgehead atoms. The Morgan fingerprint density at radius 2 is 2.40 bits per heavy atom. The molecule has 6 heteroatoms. The zero-order chi connectivity index (χ0) is 14.5. The molecule has 0 aromatic heterocycles. The van der Waals surface area contributed by atoms with E-state index >= 15 is 0 Å². The highest BCUT2D eigenvalue weighted by Crippen LogP contribution is 2.30. The number of nitro benzene ring substituents is 1. The lowest BCUT2D eigenvalue weighted by atomic mass is 10.1. The lowest BCUT2D eigenvalue weighted by Crippen LogP contribution is -2.29. The Hall–Kier alpha value is -1.82. The summed E-state index contributed by atoms with van der Waals surface area (Å²) >= 11 is 0. The first-order valence-corrected chi connectivity index (χ1v) is 6.92. The van der Waals surface area contributed by atoms with Gasteiger partial charge in [0, 0.05) is 12.1 Å². The predicted octanol–water partition coefficient (Wildman–Crippen LogP) is 2.55. The molecule has 1 aromatic rings. The highest BCUT2D eigenvalue weighted by atomic mass is 16.6. The maximum Gasteiger partial charge on any atom is 0.296 e. The molecule has 1 saturated heterocycles. The lowest BCUT2D eigenvalue weighted by Gasteiger charge is -2.19. The summed E-state index contributed by atoms with van der Waals surface area (Å²) in [5.74, 6) is 0.493. The first-order valence-electron chi connectivity index (χ1n) is 6.92. The van der Waals surface area contributed by atoms with E-state index in [1.54, 1.807) is 12.1 Å². The fraction of sp³-hybridized carbons (Fsp3) is 0.571. The van der Waals surface area contributed by atoms with Crippen LogP contribution in [0.15, 0.2) is 18.2 Å². The lowest BCUT2D eigenvalue weighted by molar-refractivity contribution is -0.384. The van der Waals surface area contributed by atoms with Crippen molar-refractivity contribution in [3.63, 3.8) is 0 Å². The maximum atomic E-state index is 11.1. The van der Waals surface area contributed by atoms with Crippen LogP contribution in [0.2, 0.25) is 0 Å². The van der Waals surface area contributed by atoms with Gasteiger partial charge in [0.25, 0.3) is 5.69 Å². The molecule has 20 heavy (non-hydrogen) atoms. The van der Waals surface area contributed by atoms with E-state index in [4.69, 9.17) is 4.74 Å². The van der Waals surface area contributed by atoms with Crippen molar-refractivity contribution in [1.82, 2.24) is 5.32 Å². The number of ether oxygens (including phenoxy) is 1. The van der Waals surface area contributed by atoms with Crippen LogP contribution in [0.3, 0.4) is 0 Å². The standard InChI is InChI=1S/C14H21N3O3/c1-10(8-11-4-3-7-15-11)16-13-6-5-12(20-2)9-14(13)17(18)19/h5-6,9-11,15-16H,3-4,7-8H2,1-2H3. The number of nitrogens with zero attached hydrogens (tertiary/aromatic N) is 1. The van der Waals surface area contributed by atoms with Crippen LogP contribution < -0.4 is 15.4 Å². The van der Waals surface area contributed by atoms with Crippen molar-refractivity contribution in [2.75, 3.05) is 19.0 Å². The van der Waals surface area contributed by atoms with Crippen molar-refractivity contribution in [3.05, 3.63) is 28.3 Å². The number of hydrogen-bond acceptors (Lipinski definition) is 5. The van der Waals surface area contributed by atoms with Crippen LogP contribution in [0, 0.1) is 10.1 Å². The molecule has 1 aliphatic heterocycles. The molecule has 2 unspecified atom stereocenters. The van der Waals surface area contributed by atoms with Crippen LogP contribution in [0.25, 0.3) is 0 Å². The van der Waals surface area contributed by atoms with Gasteiger partial charge in [0.1, 0.15) is 11.4 Å². The van der Waals surface area contributed by atoms with Gasteiger partial charge in [-0.2, -0.15) is 0 Å². The summed E-state index contributed by atoms with van der Waals surface area (Å²) < 4.78 is 5.03. The molecule has 0 amide bonds. The Kier molecular flexibility index (Phi) is 4.79. The van der Waals surface area contributed by atoms with Gasteiger partial charge in [0.15, 0.2) is 0 Å². The minimum Gasteiger partial charge on any atom is -0.496 e. The molecule has 2 N–H and O–H groups in total. The molecule has 1 fully saturated rings. The van der Waals surface area contributed by atoms with E-state index in [0.29, 0.717) is 17.5 Å². The maximum absolute atomic E-state index is 11.1. The SMILES string of the molecule is COc1ccc(NC(C)CC2CCCN2)c([N+](=O)[O-])c1. The van der Waals surface area contributed by atoms with Gasteiger partial charge in [-0.25, -0.2) is 0 Å². The number of methoxy groups -OCH3 is 1. The van der Waals surface area contributed by atoms with Crippen molar-refractivity contribution in [2.24, 2.45) is 0 Å². The Morgan fingerprint density at radius 1 is 1.60 bits per heavy atom. The number of nitrogens with one attached hydrogen (secondary N) is 2. The Morgan fingerprint density at radius 3 is 3.00 bits per heavy atom. The molecule has 0 radical (unpaired) electrons. The molecular formula is C14H21N3O3. The fourth-order valence-corrected chi connectivity index (χ4v) is 2.62. The van der Waals surface area contributed by atoms with Gasteiger partial charge in [-0.3, -0.25) is 10.1 Å². The number of nitro groups is 1. The third-order valence-electron chi connectivity index (χ3n) is 3.60. The van der Waals surface area contributed by atoms with E-state index in [9.17, 15) is 10.1 Å². The zero-order valence-electron chi connectivity index (χ0n) is 11.9. The molecule has 0 saturated carbocycles. The van der Waals surface area contributed by atoms with Crippen molar-refractivity contribution in [1.29, 1.82) is 0 Å². The van der Waals surface area contributed by atoms with Crippen molar-refractivity contribution in [3.8, 4) is 5.75 Å². The van der Waals surface area contributed by atoms with Crippen LogP contribution >= 0.6 is 0 Å². The second kappa shape index (κ2) is 6.56. The molecule has 110 valence electrons. The van der Waals surface area contributed by atoms with E-state index in [2.05, 4.69) is 10.6 Å². The number of benzene rings is 1. The van der Waals surface area contributed by atoms with Crippen LogP contribution in [-0.4, -0.2) is 30.7 Å². The minimum atomic E-state index is -0.384. The van der Waals surface area contributed by atoms with Gasteiger partial charge < -0.3 is 15.4 Å². The highest BCUT2D eigenvalue weighted by Gasteiger charge is 2.20. The Bertz CT molecular complexity index is 473. The van der Waals surface area contributed by atoms with Crippen LogP contribution in [-0.2, 0) is 0 Å². The Balaban J connectivity index is 2.05. The molecule has 0 aliphatic carbocycles. The second-order valence-electron chi connectivity index (χ2n) is 5.21. The largest absolute Gasteiger partial charge is 0.496 e. The first-order chi connectivity index (χ1) is 9.60. The average Bonchev–Trinajstić information content (AvgIpc) is 2.91. The zero-order valence-corrected chi connectivity index (χ0v) is 11.9. The summed E-state index contributed by atoms with van der Waals surface area (Å²) in [4.78, 5) is 10.7. The fourth-order valence-electron chi connectivity index (χ4n) is 2.62. The van der Waals surface area contributed by atoms with Gasteiger partial charge in [-0.1, -0.05) is 0 Å². The summed E-state index contributed by atoms with van der Waals surface area (Å²) in [5.41, 5.74) is 0.594. The van der Waals surface area contributed by atoms with Gasteiger partial charge in [0.05, 0.1) is 18.1 Å². The monoisotopic (exact) mass is 279 g/mol. The Labute approximate surface area is 118 Å². The van der Waals surface area contributed by atoms with Crippen LogP contribution in [0.1, 0.15) is 26.2 Å². The first kappa shape index (κ1) is 14.6. The van der Waals surface area contributed by atoms with E-state index in [-0.39, 0.29) is 16.7 Å². The molecule has 1 aliphatic rings. The van der Waals surface area contributed by atoms with Gasteiger partial charge in [-0.05, 0) is 44.9 Å². The predicted molar refractivity (Wildman–Crippen MR) is 78.4 cm³/mol. The summed E-state index contributed by atoms with van der Waals surface area (Å²) in [5, 5.41) is 17.8. The van der Waals surface area contributed by atoms with Crippen molar-refractivity contribution >= 4 is 11.4 Å². The molecule has 2 rings (SSSR count). The normalized spacial score (nSPS) is 19.6. The smallest absolute Gasteiger partial charge is 0.296 e. The van der Waals surface area contributed by atoms with E-state index in [0.717, 1.165) is 13.0 Å². The third kappa shape index (κ3) is 3.60. The molecule has 0 spiro atoms. The summed E-state index contributed by atoms with van der Waals surface area (Å²) in [6.45, 7) is 3.12. The van der Waals surface area contributed by atoms with Crippen LogP contribution in [0.4, 0.5) is 11.4 Å². The van der Waals surface area contributed by atoms with Crippen LogP contribution in [0.5, 0.6) is 5.75 Å². The molecule has 1 heterocycles. The van der Waals surface area contributed by atoms with Crippen molar-refractivity contribution in [2.45, 2.75) is 38.3 Å². The van der Waals surface area contributed by atoms with E-state index in [1.807, 2.05) is 6.92 Å². The number of hydrogen-bond donors (Lipinski definition) is 2. The number of rotatable bonds is 6. The summed E-state index contributed by atoms with van der Waals surface area (Å²) in [6.07, 6.45) is 3.35. The topological polar surface area (TPSA) is 76.4 Å². The molecular weight excluding hydrogens is 258 g/mol. The quantitative estimate of drug-likeness (QED) is 0.618. The molecule has 6 nitrogen and oxygen atoms in total. The third-order valence-corrected chi connectivity index (χ3v) is 3.60. The molecule has 2 atom stereocenters. The van der Waals surface area contributed by atoms with Crippen molar-refractivity contribution < 1.29 is 9.66 Å². The highest BCUT2D eigenvalue weighted by molar-refractivity contribution is 5.64. The number of anilines is 1. The second-order valence-corrected chi connectivity index (χ2v) is 5.21. The van der Waals surface area contributed by atoms with Gasteiger partial charge >= 0.3 is 0 Å². The summed E-state index contributed by atoms with van der Waals surface area (Å²) in [6, 6.07) is 5.57.